The molecule has 2 heteroatoms. The van der Waals surface area contributed by atoms with Crippen LogP contribution >= 0.6 is 0 Å². The van der Waals surface area contributed by atoms with Crippen molar-refractivity contribution in [3.63, 3.8) is 0 Å². The monoisotopic (exact) mass is 264 g/mol. The molecule has 0 aromatic carbocycles. The molecule has 1 aliphatic heterocycles. The first-order valence-corrected chi connectivity index (χ1v) is 8.86. The fourth-order valence-corrected chi connectivity index (χ4v) is 5.15. The predicted octanol–water partition coefficient (Wildman–Crippen LogP) is 3.55. The highest BCUT2D eigenvalue weighted by molar-refractivity contribution is 4.93. The van der Waals surface area contributed by atoms with Crippen molar-refractivity contribution in [2.75, 3.05) is 13.1 Å². The van der Waals surface area contributed by atoms with Crippen LogP contribution in [0.25, 0.3) is 0 Å². The summed E-state index contributed by atoms with van der Waals surface area (Å²) in [6, 6.07) is 1.73. The van der Waals surface area contributed by atoms with E-state index in [0.717, 1.165) is 30.5 Å². The summed E-state index contributed by atoms with van der Waals surface area (Å²) in [5.74, 6) is 1.80. The SMILES string of the molecule is NCC1CCCCCC1N1CCCC2CCCCC21. The van der Waals surface area contributed by atoms with E-state index in [2.05, 4.69) is 4.90 Å². The number of hydrogen-bond acceptors (Lipinski definition) is 2. The number of hydrogen-bond donors (Lipinski definition) is 1. The Morgan fingerprint density at radius 3 is 2.32 bits per heavy atom. The summed E-state index contributed by atoms with van der Waals surface area (Å²) in [5.41, 5.74) is 6.11. The van der Waals surface area contributed by atoms with Gasteiger partial charge in [0.25, 0.3) is 0 Å². The fraction of sp³-hybridized carbons (Fsp3) is 1.00. The lowest BCUT2D eigenvalue weighted by Gasteiger charge is -2.49. The van der Waals surface area contributed by atoms with Crippen LogP contribution < -0.4 is 5.73 Å². The lowest BCUT2D eigenvalue weighted by atomic mass is 9.76. The second-order valence-corrected chi connectivity index (χ2v) is 7.19. The van der Waals surface area contributed by atoms with E-state index in [1.165, 1.54) is 77.2 Å². The molecule has 0 bridgehead atoms. The van der Waals surface area contributed by atoms with Crippen LogP contribution in [0.2, 0.25) is 0 Å². The van der Waals surface area contributed by atoms with Crippen LogP contribution in [0.4, 0.5) is 0 Å². The molecule has 110 valence electrons. The zero-order chi connectivity index (χ0) is 13.1. The number of nitrogens with two attached hydrogens (primary N) is 1. The van der Waals surface area contributed by atoms with Crippen molar-refractivity contribution in [2.24, 2.45) is 17.6 Å². The highest BCUT2D eigenvalue weighted by atomic mass is 15.2. The van der Waals surface area contributed by atoms with Gasteiger partial charge >= 0.3 is 0 Å². The molecule has 0 aromatic rings. The summed E-state index contributed by atoms with van der Waals surface area (Å²) < 4.78 is 0. The maximum Gasteiger partial charge on any atom is 0.0139 e. The fourth-order valence-electron chi connectivity index (χ4n) is 5.15. The minimum absolute atomic E-state index is 0.781. The van der Waals surface area contributed by atoms with Gasteiger partial charge in [0.1, 0.15) is 0 Å². The van der Waals surface area contributed by atoms with Gasteiger partial charge in [-0.05, 0) is 63.5 Å². The van der Waals surface area contributed by atoms with Gasteiger partial charge in [-0.1, -0.05) is 32.1 Å². The highest BCUT2D eigenvalue weighted by Crippen LogP contribution is 2.39. The van der Waals surface area contributed by atoms with Crippen LogP contribution in [0.1, 0.15) is 70.6 Å². The third-order valence-electron chi connectivity index (χ3n) is 6.13. The standard InChI is InChI=1S/C17H32N2/c18-13-15-8-2-1-3-10-17(15)19-12-6-9-14-7-4-5-11-16(14)19/h14-17H,1-13,18H2. The van der Waals surface area contributed by atoms with E-state index in [0.29, 0.717) is 0 Å². The molecule has 3 fully saturated rings. The molecule has 19 heavy (non-hydrogen) atoms. The summed E-state index contributed by atoms with van der Waals surface area (Å²) >= 11 is 0. The van der Waals surface area contributed by atoms with Gasteiger partial charge in [-0.2, -0.15) is 0 Å². The smallest absolute Gasteiger partial charge is 0.0139 e. The third-order valence-corrected chi connectivity index (χ3v) is 6.13. The summed E-state index contributed by atoms with van der Waals surface area (Å²) in [4.78, 5) is 2.94. The Hall–Kier alpha value is -0.0800. The molecular weight excluding hydrogens is 232 g/mol. The molecule has 2 N–H and O–H groups in total. The van der Waals surface area contributed by atoms with Gasteiger partial charge < -0.3 is 5.73 Å². The third kappa shape index (κ3) is 3.00. The zero-order valence-electron chi connectivity index (χ0n) is 12.5. The van der Waals surface area contributed by atoms with Crippen LogP contribution in [0.15, 0.2) is 0 Å². The molecule has 2 nitrogen and oxygen atoms in total. The Morgan fingerprint density at radius 2 is 1.42 bits per heavy atom. The van der Waals surface area contributed by atoms with Crippen molar-refractivity contribution in [3.05, 3.63) is 0 Å². The summed E-state index contributed by atoms with van der Waals surface area (Å²) in [6.45, 7) is 2.28. The maximum absolute atomic E-state index is 6.11. The number of rotatable bonds is 2. The van der Waals surface area contributed by atoms with E-state index in [-0.39, 0.29) is 0 Å². The molecule has 4 unspecified atom stereocenters. The van der Waals surface area contributed by atoms with E-state index in [1.807, 2.05) is 0 Å². The quantitative estimate of drug-likeness (QED) is 0.773. The van der Waals surface area contributed by atoms with Crippen molar-refractivity contribution in [3.8, 4) is 0 Å². The Morgan fingerprint density at radius 1 is 0.737 bits per heavy atom. The average molecular weight is 264 g/mol. The molecule has 0 aromatic heterocycles. The molecule has 0 radical (unpaired) electrons. The molecule has 2 saturated carbocycles. The second-order valence-electron chi connectivity index (χ2n) is 7.19. The van der Waals surface area contributed by atoms with Crippen LogP contribution in [0.5, 0.6) is 0 Å². The Bertz CT molecular complexity index is 276. The molecular formula is C17H32N2. The minimum Gasteiger partial charge on any atom is -0.330 e. The lowest BCUT2D eigenvalue weighted by molar-refractivity contribution is 0.00328. The first kappa shape index (κ1) is 13.9. The Kier molecular flexibility index (Phi) is 4.81. The molecule has 3 aliphatic rings. The molecule has 1 heterocycles. The lowest BCUT2D eigenvalue weighted by Crippen LogP contribution is -2.54. The number of fused-ring (bicyclic) bond motifs is 1. The summed E-state index contributed by atoms with van der Waals surface area (Å²) in [6.07, 6.45) is 16.0. The van der Waals surface area contributed by atoms with Gasteiger partial charge in [0.15, 0.2) is 0 Å². The highest BCUT2D eigenvalue weighted by Gasteiger charge is 2.38. The summed E-state index contributed by atoms with van der Waals surface area (Å²) in [5, 5.41) is 0. The molecule has 4 atom stereocenters. The summed E-state index contributed by atoms with van der Waals surface area (Å²) in [7, 11) is 0. The van der Waals surface area contributed by atoms with Crippen LogP contribution in [0, 0.1) is 11.8 Å². The van der Waals surface area contributed by atoms with E-state index >= 15 is 0 Å². The van der Waals surface area contributed by atoms with Crippen molar-refractivity contribution < 1.29 is 0 Å². The minimum atomic E-state index is 0.781. The Labute approximate surface area is 119 Å². The first-order chi connectivity index (χ1) is 9.40. The zero-order valence-corrected chi connectivity index (χ0v) is 12.5. The van der Waals surface area contributed by atoms with Crippen molar-refractivity contribution in [2.45, 2.75) is 82.7 Å². The predicted molar refractivity (Wildman–Crippen MR) is 81.1 cm³/mol. The van der Waals surface area contributed by atoms with E-state index < -0.39 is 0 Å². The van der Waals surface area contributed by atoms with Crippen LogP contribution in [-0.2, 0) is 0 Å². The van der Waals surface area contributed by atoms with E-state index in [1.54, 1.807) is 0 Å². The number of nitrogens with zero attached hydrogens (tertiary/aromatic N) is 1. The normalized spacial score (nSPS) is 41.5. The second kappa shape index (κ2) is 6.58. The molecule has 0 amide bonds. The van der Waals surface area contributed by atoms with Crippen molar-refractivity contribution in [1.29, 1.82) is 0 Å². The van der Waals surface area contributed by atoms with Crippen LogP contribution in [-0.4, -0.2) is 30.1 Å². The number of likely N-dealkylation sites (tertiary alicyclic amines) is 1. The maximum atomic E-state index is 6.11. The van der Waals surface area contributed by atoms with Gasteiger partial charge in [-0.25, -0.2) is 0 Å². The molecule has 1 saturated heterocycles. The van der Waals surface area contributed by atoms with Gasteiger partial charge in [0.05, 0.1) is 0 Å². The largest absolute Gasteiger partial charge is 0.330 e. The Balaban J connectivity index is 1.73. The molecule has 3 rings (SSSR count). The first-order valence-electron chi connectivity index (χ1n) is 8.86. The molecule has 2 aliphatic carbocycles. The topological polar surface area (TPSA) is 29.3 Å². The van der Waals surface area contributed by atoms with Gasteiger partial charge in [-0.15, -0.1) is 0 Å². The van der Waals surface area contributed by atoms with Gasteiger partial charge in [0.2, 0.25) is 0 Å². The van der Waals surface area contributed by atoms with E-state index in [4.69, 9.17) is 5.73 Å². The van der Waals surface area contributed by atoms with Crippen molar-refractivity contribution >= 4 is 0 Å². The van der Waals surface area contributed by atoms with Crippen molar-refractivity contribution in [1.82, 2.24) is 4.90 Å². The average Bonchev–Trinajstić information content (AvgIpc) is 2.71. The van der Waals surface area contributed by atoms with Gasteiger partial charge in [-0.3, -0.25) is 4.90 Å². The molecule has 0 spiro atoms. The van der Waals surface area contributed by atoms with E-state index in [9.17, 15) is 0 Å². The van der Waals surface area contributed by atoms with Crippen LogP contribution in [0.3, 0.4) is 0 Å². The number of piperidine rings is 1. The van der Waals surface area contributed by atoms with Gasteiger partial charge in [0, 0.05) is 12.1 Å².